The van der Waals surface area contributed by atoms with E-state index in [-0.39, 0.29) is 4.90 Å². The van der Waals surface area contributed by atoms with E-state index in [0.29, 0.717) is 0 Å². The standard InChI is InChI=1S/C8H12N4O2S/c1-7-2-4-8(5-3-7)15(13,14)12-11-6-10-9/h2-6,12H,9H2,1H3,(H,10,11). The Labute approximate surface area is 88.2 Å². The first kappa shape index (κ1) is 11.5. The van der Waals surface area contributed by atoms with Crippen LogP contribution in [0.1, 0.15) is 5.56 Å². The summed E-state index contributed by atoms with van der Waals surface area (Å²) in [6.45, 7) is 1.88. The van der Waals surface area contributed by atoms with Crippen LogP contribution in [0.2, 0.25) is 0 Å². The Morgan fingerprint density at radius 3 is 2.47 bits per heavy atom. The summed E-state index contributed by atoms with van der Waals surface area (Å²) in [6, 6.07) is 6.45. The van der Waals surface area contributed by atoms with Crippen molar-refractivity contribution < 1.29 is 8.42 Å². The first-order chi connectivity index (χ1) is 7.06. The zero-order valence-corrected chi connectivity index (χ0v) is 8.95. The second kappa shape index (κ2) is 4.76. The molecule has 0 fully saturated rings. The van der Waals surface area contributed by atoms with Crippen LogP contribution in [0, 0.1) is 6.92 Å². The molecule has 0 aliphatic rings. The van der Waals surface area contributed by atoms with Gasteiger partial charge in [0.25, 0.3) is 10.0 Å². The molecule has 1 rings (SSSR count). The Balaban J connectivity index is 2.82. The highest BCUT2D eigenvalue weighted by molar-refractivity contribution is 7.89. The van der Waals surface area contributed by atoms with Crippen LogP contribution in [-0.4, -0.2) is 14.8 Å². The quantitative estimate of drug-likeness (QED) is 0.285. The molecular weight excluding hydrogens is 216 g/mol. The van der Waals surface area contributed by atoms with Gasteiger partial charge in [0.05, 0.1) is 4.90 Å². The molecule has 0 saturated heterocycles. The molecule has 7 heteroatoms. The van der Waals surface area contributed by atoms with Crippen LogP contribution >= 0.6 is 0 Å². The number of aryl methyl sites for hydroxylation is 1. The van der Waals surface area contributed by atoms with E-state index in [0.717, 1.165) is 11.9 Å². The van der Waals surface area contributed by atoms with Gasteiger partial charge in [0, 0.05) is 0 Å². The van der Waals surface area contributed by atoms with Gasteiger partial charge in [0.15, 0.2) is 0 Å². The van der Waals surface area contributed by atoms with Crippen LogP contribution in [-0.2, 0) is 10.0 Å². The maximum atomic E-state index is 11.5. The Morgan fingerprint density at radius 2 is 1.93 bits per heavy atom. The van der Waals surface area contributed by atoms with Gasteiger partial charge in [0.1, 0.15) is 6.34 Å². The summed E-state index contributed by atoms with van der Waals surface area (Å²) in [5, 5.41) is 3.08. The van der Waals surface area contributed by atoms with E-state index in [9.17, 15) is 8.42 Å². The summed E-state index contributed by atoms with van der Waals surface area (Å²) in [4.78, 5) is 2.26. The topological polar surface area (TPSA) is 96.6 Å². The van der Waals surface area contributed by atoms with Crippen molar-refractivity contribution >= 4 is 16.4 Å². The van der Waals surface area contributed by atoms with E-state index in [4.69, 9.17) is 5.84 Å². The van der Waals surface area contributed by atoms with E-state index in [1.54, 1.807) is 12.1 Å². The van der Waals surface area contributed by atoms with Crippen molar-refractivity contribution in [2.75, 3.05) is 0 Å². The van der Waals surface area contributed by atoms with Gasteiger partial charge in [0.2, 0.25) is 0 Å². The molecule has 82 valence electrons. The van der Waals surface area contributed by atoms with Crippen molar-refractivity contribution in [2.45, 2.75) is 11.8 Å². The Hall–Kier alpha value is -1.60. The first-order valence-corrected chi connectivity index (χ1v) is 5.60. The minimum Gasteiger partial charge on any atom is -0.322 e. The highest BCUT2D eigenvalue weighted by atomic mass is 32.2. The number of nitrogens with one attached hydrogen (secondary N) is 2. The molecule has 15 heavy (non-hydrogen) atoms. The van der Waals surface area contributed by atoms with Crippen LogP contribution in [0.15, 0.2) is 34.3 Å². The minimum absolute atomic E-state index is 0.172. The van der Waals surface area contributed by atoms with Crippen molar-refractivity contribution in [3.63, 3.8) is 0 Å². The lowest BCUT2D eigenvalue weighted by atomic mass is 10.2. The van der Waals surface area contributed by atoms with Gasteiger partial charge < -0.3 is 5.84 Å². The van der Waals surface area contributed by atoms with Gasteiger partial charge in [-0.05, 0) is 19.1 Å². The van der Waals surface area contributed by atoms with Gasteiger partial charge in [-0.3, -0.25) is 5.43 Å². The molecule has 0 aliphatic carbocycles. The van der Waals surface area contributed by atoms with E-state index < -0.39 is 10.0 Å². The fourth-order valence-corrected chi connectivity index (χ4v) is 1.74. The van der Waals surface area contributed by atoms with E-state index in [2.05, 4.69) is 15.4 Å². The third-order valence-electron chi connectivity index (χ3n) is 1.66. The Morgan fingerprint density at radius 1 is 1.33 bits per heavy atom. The fourth-order valence-electron chi connectivity index (χ4n) is 0.918. The molecule has 1 aromatic rings. The number of hydrogen-bond acceptors (Lipinski definition) is 4. The van der Waals surface area contributed by atoms with Gasteiger partial charge in [-0.25, -0.2) is 8.42 Å². The predicted molar refractivity (Wildman–Crippen MR) is 57.3 cm³/mol. The molecule has 0 saturated carbocycles. The maximum Gasteiger partial charge on any atom is 0.257 e. The summed E-state index contributed by atoms with van der Waals surface area (Å²) in [7, 11) is -3.56. The molecule has 0 amide bonds. The smallest absolute Gasteiger partial charge is 0.257 e. The van der Waals surface area contributed by atoms with Crippen molar-refractivity contribution in [3.05, 3.63) is 29.8 Å². The monoisotopic (exact) mass is 228 g/mol. The second-order valence-electron chi connectivity index (χ2n) is 2.84. The van der Waals surface area contributed by atoms with Gasteiger partial charge in [-0.15, -0.1) is 4.83 Å². The zero-order valence-electron chi connectivity index (χ0n) is 8.14. The first-order valence-electron chi connectivity index (χ1n) is 4.12. The molecule has 0 unspecified atom stereocenters. The van der Waals surface area contributed by atoms with Crippen LogP contribution in [0.5, 0.6) is 0 Å². The highest BCUT2D eigenvalue weighted by Crippen LogP contribution is 2.08. The molecular formula is C8H12N4O2S. The second-order valence-corrected chi connectivity index (χ2v) is 4.52. The van der Waals surface area contributed by atoms with Crippen LogP contribution in [0.25, 0.3) is 0 Å². The number of sulfonamides is 1. The number of rotatable bonds is 4. The molecule has 0 radical (unpaired) electrons. The molecule has 0 atom stereocenters. The molecule has 0 bridgehead atoms. The predicted octanol–water partition coefficient (Wildman–Crippen LogP) is -0.320. The van der Waals surface area contributed by atoms with Crippen LogP contribution in [0.3, 0.4) is 0 Å². The number of hydrazone groups is 1. The van der Waals surface area contributed by atoms with Gasteiger partial charge >= 0.3 is 0 Å². The lowest BCUT2D eigenvalue weighted by molar-refractivity contribution is 0.578. The van der Waals surface area contributed by atoms with Crippen molar-refractivity contribution in [1.29, 1.82) is 0 Å². The van der Waals surface area contributed by atoms with E-state index >= 15 is 0 Å². The molecule has 6 nitrogen and oxygen atoms in total. The maximum absolute atomic E-state index is 11.5. The molecule has 0 spiro atoms. The summed E-state index contributed by atoms with van der Waals surface area (Å²) in [5.74, 6) is 4.79. The van der Waals surface area contributed by atoms with Gasteiger partial charge in [-0.2, -0.15) is 5.10 Å². The fraction of sp³-hybridized carbons (Fsp3) is 0.125. The third kappa shape index (κ3) is 3.22. The number of nitrogens with two attached hydrogens (primary N) is 1. The Bertz CT molecular complexity index is 438. The highest BCUT2D eigenvalue weighted by Gasteiger charge is 2.11. The van der Waals surface area contributed by atoms with Crippen molar-refractivity contribution in [2.24, 2.45) is 10.9 Å². The van der Waals surface area contributed by atoms with E-state index in [1.165, 1.54) is 12.1 Å². The average molecular weight is 228 g/mol. The SMILES string of the molecule is Cc1ccc(S(=O)(=O)NNC=NN)cc1. The average Bonchev–Trinajstić information content (AvgIpc) is 2.18. The van der Waals surface area contributed by atoms with Gasteiger partial charge in [-0.1, -0.05) is 17.7 Å². The number of nitrogens with zero attached hydrogens (tertiary/aromatic N) is 1. The molecule has 0 aromatic heterocycles. The molecule has 0 aliphatic heterocycles. The van der Waals surface area contributed by atoms with Crippen molar-refractivity contribution in [3.8, 4) is 0 Å². The number of benzene rings is 1. The number of hydrogen-bond donors (Lipinski definition) is 3. The van der Waals surface area contributed by atoms with Crippen LogP contribution in [0.4, 0.5) is 0 Å². The number of hydrazine groups is 1. The summed E-state index contributed by atoms with van der Waals surface area (Å²) >= 11 is 0. The lowest BCUT2D eigenvalue weighted by Gasteiger charge is -2.05. The summed E-state index contributed by atoms with van der Waals surface area (Å²) in [6.07, 6.45) is 1.03. The van der Waals surface area contributed by atoms with Crippen molar-refractivity contribution in [1.82, 2.24) is 10.3 Å². The zero-order chi connectivity index (χ0) is 11.3. The lowest BCUT2D eigenvalue weighted by Crippen LogP contribution is -2.36. The molecule has 4 N–H and O–H groups in total. The largest absolute Gasteiger partial charge is 0.322 e. The summed E-state index contributed by atoms with van der Waals surface area (Å²) in [5.41, 5.74) is 3.22. The summed E-state index contributed by atoms with van der Waals surface area (Å²) < 4.78 is 23.1. The van der Waals surface area contributed by atoms with E-state index in [1.807, 2.05) is 6.92 Å². The molecule has 0 heterocycles. The molecule has 1 aromatic carbocycles. The Kier molecular flexibility index (Phi) is 3.64. The third-order valence-corrected chi connectivity index (χ3v) is 2.94. The minimum atomic E-state index is -3.56. The van der Waals surface area contributed by atoms with Crippen LogP contribution < -0.4 is 16.1 Å². The normalized spacial score (nSPS) is 11.8.